The van der Waals surface area contributed by atoms with Gasteiger partial charge in [0.1, 0.15) is 18.9 Å². The Morgan fingerprint density at radius 2 is 1.80 bits per heavy atom. The Balaban J connectivity index is 1.47. The SMILES string of the molecule is Cc1ccc(NC(=O)CN2C(=O)S/C(=C/c3cc(Br)ccc3OCc3ccc(Cl)cc3)C2=O)cc1. The van der Waals surface area contributed by atoms with Gasteiger partial charge < -0.3 is 10.1 Å². The summed E-state index contributed by atoms with van der Waals surface area (Å²) in [7, 11) is 0. The van der Waals surface area contributed by atoms with Crippen molar-refractivity contribution in [1.82, 2.24) is 4.90 Å². The van der Waals surface area contributed by atoms with Crippen molar-refractivity contribution in [2.45, 2.75) is 13.5 Å². The number of nitrogens with zero attached hydrogens (tertiary/aromatic N) is 1. The largest absolute Gasteiger partial charge is 0.488 e. The van der Waals surface area contributed by atoms with Gasteiger partial charge in [-0.05, 0) is 72.8 Å². The molecular formula is C26H20BrClN2O4S. The Labute approximate surface area is 220 Å². The highest BCUT2D eigenvalue weighted by Gasteiger charge is 2.36. The molecule has 3 aromatic rings. The van der Waals surface area contributed by atoms with Crippen molar-refractivity contribution in [2.24, 2.45) is 0 Å². The molecule has 3 aromatic carbocycles. The van der Waals surface area contributed by atoms with E-state index in [0.717, 1.165) is 32.3 Å². The zero-order chi connectivity index (χ0) is 24.9. The normalized spacial score (nSPS) is 14.5. The first kappa shape index (κ1) is 25.0. The lowest BCUT2D eigenvalue weighted by Crippen LogP contribution is -2.36. The molecule has 1 aliphatic heterocycles. The van der Waals surface area contributed by atoms with Crippen LogP contribution in [0.1, 0.15) is 16.7 Å². The number of nitrogens with one attached hydrogen (secondary N) is 1. The third-order valence-electron chi connectivity index (χ3n) is 5.08. The second kappa shape index (κ2) is 11.1. The fourth-order valence-corrected chi connectivity index (χ4v) is 4.60. The topological polar surface area (TPSA) is 75.7 Å². The van der Waals surface area contributed by atoms with Gasteiger partial charge in [-0.1, -0.05) is 57.4 Å². The van der Waals surface area contributed by atoms with Crippen LogP contribution in [-0.2, 0) is 16.2 Å². The van der Waals surface area contributed by atoms with Crippen LogP contribution in [0.4, 0.5) is 10.5 Å². The van der Waals surface area contributed by atoms with Gasteiger partial charge in [0.05, 0.1) is 4.91 Å². The number of imide groups is 1. The number of carbonyl (C=O) groups is 3. The van der Waals surface area contributed by atoms with Gasteiger partial charge in [-0.3, -0.25) is 19.3 Å². The van der Waals surface area contributed by atoms with E-state index in [0.29, 0.717) is 28.6 Å². The van der Waals surface area contributed by atoms with E-state index in [-0.39, 0.29) is 11.4 Å². The summed E-state index contributed by atoms with van der Waals surface area (Å²) in [6.45, 7) is 1.88. The van der Waals surface area contributed by atoms with Crippen molar-refractivity contribution in [3.05, 3.63) is 97.8 Å². The van der Waals surface area contributed by atoms with Crippen molar-refractivity contribution in [3.8, 4) is 5.75 Å². The molecule has 1 aliphatic rings. The molecule has 1 heterocycles. The number of aryl methyl sites for hydroxylation is 1. The summed E-state index contributed by atoms with van der Waals surface area (Å²) >= 11 is 10.2. The zero-order valence-corrected chi connectivity index (χ0v) is 21.7. The van der Waals surface area contributed by atoms with Crippen LogP contribution in [0.15, 0.2) is 76.1 Å². The molecule has 6 nitrogen and oxygen atoms in total. The number of amides is 3. The lowest BCUT2D eigenvalue weighted by molar-refractivity contribution is -0.127. The summed E-state index contributed by atoms with van der Waals surface area (Å²) in [5.74, 6) is -0.429. The molecule has 1 fully saturated rings. The molecule has 0 bridgehead atoms. The summed E-state index contributed by atoms with van der Waals surface area (Å²) in [5.41, 5.74) is 3.22. The molecule has 0 aromatic heterocycles. The van der Waals surface area contributed by atoms with Gasteiger partial charge in [0.25, 0.3) is 11.1 Å². The number of halogens is 2. The highest BCUT2D eigenvalue weighted by atomic mass is 79.9. The number of benzene rings is 3. The van der Waals surface area contributed by atoms with Gasteiger partial charge in [-0.15, -0.1) is 0 Å². The Morgan fingerprint density at radius 1 is 1.09 bits per heavy atom. The molecule has 4 rings (SSSR count). The van der Waals surface area contributed by atoms with Crippen LogP contribution >= 0.6 is 39.3 Å². The minimum atomic E-state index is -0.525. The summed E-state index contributed by atoms with van der Waals surface area (Å²) in [5, 5.41) is 2.84. The van der Waals surface area contributed by atoms with Crippen LogP contribution in [0.25, 0.3) is 6.08 Å². The molecule has 0 saturated carbocycles. The molecule has 3 amide bonds. The number of anilines is 1. The van der Waals surface area contributed by atoms with E-state index < -0.39 is 17.1 Å². The quantitative estimate of drug-likeness (QED) is 0.321. The Bertz CT molecular complexity index is 1310. The van der Waals surface area contributed by atoms with Crippen molar-refractivity contribution in [1.29, 1.82) is 0 Å². The first-order valence-electron chi connectivity index (χ1n) is 10.6. The fourth-order valence-electron chi connectivity index (χ4n) is 3.26. The predicted molar refractivity (Wildman–Crippen MR) is 142 cm³/mol. The van der Waals surface area contributed by atoms with Gasteiger partial charge >= 0.3 is 0 Å². The van der Waals surface area contributed by atoms with E-state index in [9.17, 15) is 14.4 Å². The average Bonchev–Trinajstić information content (AvgIpc) is 3.08. The fraction of sp³-hybridized carbons (Fsp3) is 0.115. The van der Waals surface area contributed by atoms with E-state index >= 15 is 0 Å². The first-order valence-corrected chi connectivity index (χ1v) is 12.6. The molecule has 178 valence electrons. The molecule has 0 radical (unpaired) electrons. The second-order valence-electron chi connectivity index (χ2n) is 7.78. The predicted octanol–water partition coefficient (Wildman–Crippen LogP) is 6.66. The van der Waals surface area contributed by atoms with Gasteiger partial charge in [0.15, 0.2) is 0 Å². The summed E-state index contributed by atoms with van der Waals surface area (Å²) in [4.78, 5) is 39.0. The third kappa shape index (κ3) is 6.54. The van der Waals surface area contributed by atoms with E-state index in [1.807, 2.05) is 37.3 Å². The maximum atomic E-state index is 12.9. The average molecular weight is 572 g/mol. The van der Waals surface area contributed by atoms with Gasteiger partial charge in [0, 0.05) is 20.7 Å². The van der Waals surface area contributed by atoms with Crippen LogP contribution in [0, 0.1) is 6.92 Å². The van der Waals surface area contributed by atoms with E-state index in [4.69, 9.17) is 16.3 Å². The molecule has 1 N–H and O–H groups in total. The van der Waals surface area contributed by atoms with Crippen LogP contribution in [0.2, 0.25) is 5.02 Å². The minimum absolute atomic E-state index is 0.215. The molecule has 35 heavy (non-hydrogen) atoms. The number of carbonyl (C=O) groups excluding carboxylic acids is 3. The maximum Gasteiger partial charge on any atom is 0.294 e. The second-order valence-corrected chi connectivity index (χ2v) is 10.1. The number of hydrogen-bond donors (Lipinski definition) is 1. The lowest BCUT2D eigenvalue weighted by Gasteiger charge is -2.13. The highest BCUT2D eigenvalue weighted by molar-refractivity contribution is 9.10. The summed E-state index contributed by atoms with van der Waals surface area (Å²) in [6.07, 6.45) is 1.60. The molecule has 9 heteroatoms. The van der Waals surface area contributed by atoms with E-state index in [2.05, 4.69) is 21.2 Å². The Hall–Kier alpha value is -3.07. The number of thioether (sulfide) groups is 1. The smallest absolute Gasteiger partial charge is 0.294 e. The van der Waals surface area contributed by atoms with Crippen LogP contribution in [0.5, 0.6) is 5.75 Å². The van der Waals surface area contributed by atoms with Crippen LogP contribution < -0.4 is 10.1 Å². The Kier molecular flexibility index (Phi) is 7.95. The molecule has 0 aliphatic carbocycles. The lowest BCUT2D eigenvalue weighted by atomic mass is 10.1. The van der Waals surface area contributed by atoms with Crippen molar-refractivity contribution in [3.63, 3.8) is 0 Å². The molecule has 0 spiro atoms. The molecule has 0 unspecified atom stereocenters. The Morgan fingerprint density at radius 3 is 2.51 bits per heavy atom. The molecule has 0 atom stereocenters. The van der Waals surface area contributed by atoms with Crippen molar-refractivity contribution >= 4 is 68.1 Å². The van der Waals surface area contributed by atoms with Gasteiger partial charge in [-0.2, -0.15) is 0 Å². The van der Waals surface area contributed by atoms with Crippen molar-refractivity contribution < 1.29 is 19.1 Å². The third-order valence-corrected chi connectivity index (χ3v) is 6.73. The first-order chi connectivity index (χ1) is 16.8. The van der Waals surface area contributed by atoms with Crippen LogP contribution in [0.3, 0.4) is 0 Å². The number of rotatable bonds is 7. The zero-order valence-electron chi connectivity index (χ0n) is 18.6. The highest BCUT2D eigenvalue weighted by Crippen LogP contribution is 2.35. The number of hydrogen-bond acceptors (Lipinski definition) is 5. The summed E-state index contributed by atoms with van der Waals surface area (Å²) < 4.78 is 6.76. The van der Waals surface area contributed by atoms with Crippen LogP contribution in [-0.4, -0.2) is 28.5 Å². The summed E-state index contributed by atoms with van der Waals surface area (Å²) in [6, 6.07) is 20.0. The van der Waals surface area contributed by atoms with Crippen molar-refractivity contribution in [2.75, 3.05) is 11.9 Å². The maximum absolute atomic E-state index is 12.9. The molecular weight excluding hydrogens is 552 g/mol. The van der Waals surface area contributed by atoms with E-state index in [1.165, 1.54) is 0 Å². The standard InChI is InChI=1S/C26H20BrClN2O4S/c1-16-2-9-21(10-3-16)29-24(31)14-30-25(32)23(35-26(30)33)13-18-12-19(27)6-11-22(18)34-15-17-4-7-20(28)8-5-17/h2-13H,14-15H2,1H3,(H,29,31)/b23-13+. The van der Waals surface area contributed by atoms with Gasteiger partial charge in [-0.25, -0.2) is 0 Å². The monoisotopic (exact) mass is 570 g/mol. The van der Waals surface area contributed by atoms with E-state index in [1.54, 1.807) is 42.5 Å². The number of ether oxygens (including phenoxy) is 1. The molecule has 1 saturated heterocycles. The minimum Gasteiger partial charge on any atom is -0.488 e. The van der Waals surface area contributed by atoms with Gasteiger partial charge in [0.2, 0.25) is 5.91 Å².